The van der Waals surface area contributed by atoms with Crippen molar-refractivity contribution >= 4 is 0 Å². The van der Waals surface area contributed by atoms with Gasteiger partial charge in [0.1, 0.15) is 17.3 Å². The van der Waals surface area contributed by atoms with Crippen LogP contribution in [0, 0.1) is 12.8 Å². The van der Waals surface area contributed by atoms with E-state index >= 15 is 0 Å². The monoisotopic (exact) mass is 374 g/mol. The van der Waals surface area contributed by atoms with Crippen molar-refractivity contribution in [1.82, 2.24) is 9.88 Å². The Kier molecular flexibility index (Phi) is 5.77. The third kappa shape index (κ3) is 4.45. The van der Waals surface area contributed by atoms with Crippen molar-refractivity contribution in [2.45, 2.75) is 45.8 Å². The molecule has 148 valence electrons. The van der Waals surface area contributed by atoms with E-state index in [9.17, 15) is 5.11 Å². The molecule has 2 aromatic rings. The summed E-state index contributed by atoms with van der Waals surface area (Å²) in [6.45, 7) is 8.33. The van der Waals surface area contributed by atoms with Gasteiger partial charge < -0.3 is 19.0 Å². The largest absolute Gasteiger partial charge is 0.497 e. The summed E-state index contributed by atoms with van der Waals surface area (Å²) in [7, 11) is 3.26. The van der Waals surface area contributed by atoms with E-state index in [0.29, 0.717) is 18.2 Å². The number of piperidine rings is 1. The lowest BCUT2D eigenvalue weighted by Crippen LogP contribution is -2.44. The van der Waals surface area contributed by atoms with E-state index in [1.807, 2.05) is 39.0 Å². The SMILES string of the molecule is COc1ccc(OC)c(-c2nc(CN3CCC[C@H](C(C)(C)O)C3)c(C)o2)c1. The molecule has 1 aliphatic heterocycles. The third-order valence-corrected chi connectivity index (χ3v) is 5.41. The number of nitrogens with zero attached hydrogens (tertiary/aromatic N) is 2. The highest BCUT2D eigenvalue weighted by molar-refractivity contribution is 5.65. The maximum absolute atomic E-state index is 10.4. The zero-order chi connectivity index (χ0) is 19.6. The Labute approximate surface area is 161 Å². The number of aryl methyl sites for hydroxylation is 1. The fraction of sp³-hybridized carbons (Fsp3) is 0.571. The summed E-state index contributed by atoms with van der Waals surface area (Å²) >= 11 is 0. The minimum Gasteiger partial charge on any atom is -0.497 e. The zero-order valence-corrected chi connectivity index (χ0v) is 16.9. The Hall–Kier alpha value is -2.05. The molecule has 27 heavy (non-hydrogen) atoms. The number of oxazole rings is 1. The number of methoxy groups -OCH3 is 2. The first-order chi connectivity index (χ1) is 12.8. The Balaban J connectivity index is 1.81. The molecule has 1 N–H and O–H groups in total. The number of aromatic nitrogens is 1. The predicted molar refractivity (Wildman–Crippen MR) is 104 cm³/mol. The lowest BCUT2D eigenvalue weighted by Gasteiger charge is -2.38. The quantitative estimate of drug-likeness (QED) is 0.832. The minimum absolute atomic E-state index is 0.274. The van der Waals surface area contributed by atoms with Crippen molar-refractivity contribution in [2.75, 3.05) is 27.3 Å². The highest BCUT2D eigenvalue weighted by Gasteiger charge is 2.31. The van der Waals surface area contributed by atoms with Crippen LogP contribution in [0.1, 0.15) is 38.1 Å². The summed E-state index contributed by atoms with van der Waals surface area (Å²) < 4.78 is 16.7. The van der Waals surface area contributed by atoms with Crippen LogP contribution in [0.15, 0.2) is 22.6 Å². The van der Waals surface area contributed by atoms with Crippen LogP contribution in [0.25, 0.3) is 11.5 Å². The van der Waals surface area contributed by atoms with Crippen LogP contribution in [0.5, 0.6) is 11.5 Å². The molecule has 2 heterocycles. The number of ether oxygens (including phenoxy) is 2. The molecular formula is C21H30N2O4. The molecule has 0 aliphatic carbocycles. The van der Waals surface area contributed by atoms with Crippen molar-refractivity contribution in [1.29, 1.82) is 0 Å². The van der Waals surface area contributed by atoms with Gasteiger partial charge in [-0.2, -0.15) is 0 Å². The highest BCUT2D eigenvalue weighted by atomic mass is 16.5. The summed E-state index contributed by atoms with van der Waals surface area (Å²) in [5, 5.41) is 10.4. The highest BCUT2D eigenvalue weighted by Crippen LogP contribution is 2.34. The summed E-state index contributed by atoms with van der Waals surface area (Å²) in [6.07, 6.45) is 2.15. The van der Waals surface area contributed by atoms with E-state index in [0.717, 1.165) is 48.7 Å². The molecule has 0 bridgehead atoms. The summed E-state index contributed by atoms with van der Waals surface area (Å²) in [5.74, 6) is 3.04. The first-order valence-corrected chi connectivity index (χ1v) is 9.45. The molecular weight excluding hydrogens is 344 g/mol. The molecule has 3 rings (SSSR count). The van der Waals surface area contributed by atoms with Gasteiger partial charge in [0.15, 0.2) is 0 Å². The van der Waals surface area contributed by atoms with E-state index in [4.69, 9.17) is 18.9 Å². The number of hydrogen-bond donors (Lipinski definition) is 1. The molecule has 1 fully saturated rings. The first kappa shape index (κ1) is 19.7. The second kappa shape index (κ2) is 7.90. The molecule has 0 saturated carbocycles. The van der Waals surface area contributed by atoms with Gasteiger partial charge in [-0.15, -0.1) is 0 Å². The van der Waals surface area contributed by atoms with Crippen LogP contribution >= 0.6 is 0 Å². The lowest BCUT2D eigenvalue weighted by atomic mass is 9.84. The summed E-state index contributed by atoms with van der Waals surface area (Å²) in [4.78, 5) is 7.09. The number of likely N-dealkylation sites (tertiary alicyclic amines) is 1. The normalized spacial score (nSPS) is 18.5. The number of aliphatic hydroxyl groups is 1. The van der Waals surface area contributed by atoms with Gasteiger partial charge in [-0.3, -0.25) is 4.90 Å². The second-order valence-corrected chi connectivity index (χ2v) is 7.82. The van der Waals surface area contributed by atoms with Crippen LogP contribution in [0.2, 0.25) is 0 Å². The topological polar surface area (TPSA) is 68.0 Å². The molecule has 0 amide bonds. The molecule has 1 aromatic carbocycles. The molecule has 6 heteroatoms. The zero-order valence-electron chi connectivity index (χ0n) is 16.9. The van der Waals surface area contributed by atoms with Crippen LogP contribution in [0.4, 0.5) is 0 Å². The number of benzene rings is 1. The fourth-order valence-electron chi connectivity index (χ4n) is 3.66. The molecule has 1 aromatic heterocycles. The van der Waals surface area contributed by atoms with E-state index in [-0.39, 0.29) is 5.92 Å². The molecule has 1 aliphatic rings. The smallest absolute Gasteiger partial charge is 0.230 e. The fourth-order valence-corrected chi connectivity index (χ4v) is 3.66. The molecule has 0 spiro atoms. The van der Waals surface area contributed by atoms with Crippen molar-refractivity contribution in [3.05, 3.63) is 29.7 Å². The van der Waals surface area contributed by atoms with Crippen LogP contribution in [-0.4, -0.2) is 47.9 Å². The predicted octanol–water partition coefficient (Wildman–Crippen LogP) is 3.65. The van der Waals surface area contributed by atoms with Gasteiger partial charge in [0.05, 0.1) is 31.1 Å². The van der Waals surface area contributed by atoms with Gasteiger partial charge in [-0.05, 0) is 64.3 Å². The third-order valence-electron chi connectivity index (χ3n) is 5.41. The van der Waals surface area contributed by atoms with Gasteiger partial charge >= 0.3 is 0 Å². The Morgan fingerprint density at radius 2 is 2.07 bits per heavy atom. The second-order valence-electron chi connectivity index (χ2n) is 7.82. The van der Waals surface area contributed by atoms with Crippen LogP contribution < -0.4 is 9.47 Å². The maximum Gasteiger partial charge on any atom is 0.230 e. The first-order valence-electron chi connectivity index (χ1n) is 9.45. The Bertz CT molecular complexity index is 779. The average Bonchev–Trinajstić information content (AvgIpc) is 3.01. The number of rotatable bonds is 6. The van der Waals surface area contributed by atoms with Crippen molar-refractivity contribution in [3.63, 3.8) is 0 Å². The van der Waals surface area contributed by atoms with Crippen LogP contribution in [-0.2, 0) is 6.54 Å². The summed E-state index contributed by atoms with van der Waals surface area (Å²) in [5.41, 5.74) is 1.04. The van der Waals surface area contributed by atoms with Crippen LogP contribution in [0.3, 0.4) is 0 Å². The minimum atomic E-state index is -0.656. The number of hydrogen-bond acceptors (Lipinski definition) is 6. The van der Waals surface area contributed by atoms with Gasteiger partial charge in [-0.1, -0.05) is 0 Å². The van der Waals surface area contributed by atoms with Gasteiger partial charge in [0, 0.05) is 13.1 Å². The van der Waals surface area contributed by atoms with E-state index in [1.54, 1.807) is 14.2 Å². The van der Waals surface area contributed by atoms with E-state index < -0.39 is 5.60 Å². The van der Waals surface area contributed by atoms with Crippen molar-refractivity contribution in [3.8, 4) is 23.0 Å². The van der Waals surface area contributed by atoms with Gasteiger partial charge in [0.2, 0.25) is 5.89 Å². The molecule has 0 radical (unpaired) electrons. The summed E-state index contributed by atoms with van der Waals surface area (Å²) in [6, 6.07) is 5.58. The lowest BCUT2D eigenvalue weighted by molar-refractivity contribution is -0.0200. The van der Waals surface area contributed by atoms with Crippen molar-refractivity contribution < 1.29 is 19.0 Å². The Morgan fingerprint density at radius 1 is 1.30 bits per heavy atom. The molecule has 1 atom stereocenters. The Morgan fingerprint density at radius 3 is 2.74 bits per heavy atom. The van der Waals surface area contributed by atoms with Crippen molar-refractivity contribution in [2.24, 2.45) is 5.92 Å². The molecule has 1 saturated heterocycles. The van der Waals surface area contributed by atoms with E-state index in [1.165, 1.54) is 0 Å². The van der Waals surface area contributed by atoms with Gasteiger partial charge in [0.25, 0.3) is 0 Å². The standard InChI is InChI=1S/C21H30N2O4/c1-14-18(13-23-10-6-7-15(12-23)21(2,3)24)22-20(27-14)17-11-16(25-4)8-9-19(17)26-5/h8-9,11,15,24H,6-7,10,12-13H2,1-5H3/t15-/m0/s1. The van der Waals surface area contributed by atoms with E-state index in [2.05, 4.69) is 4.90 Å². The molecule has 6 nitrogen and oxygen atoms in total. The maximum atomic E-state index is 10.4. The van der Waals surface area contributed by atoms with Gasteiger partial charge in [-0.25, -0.2) is 4.98 Å². The average molecular weight is 374 g/mol. The molecule has 0 unspecified atom stereocenters.